The number of amides is 1. The van der Waals surface area contributed by atoms with Gasteiger partial charge in [-0.3, -0.25) is 20.1 Å². The minimum atomic E-state index is -0.936. The quantitative estimate of drug-likeness (QED) is 0.544. The zero-order valence-corrected chi connectivity index (χ0v) is 19.2. The van der Waals surface area contributed by atoms with Crippen LogP contribution in [0.1, 0.15) is 48.3 Å². The fourth-order valence-corrected chi connectivity index (χ4v) is 4.82. The second-order valence-corrected chi connectivity index (χ2v) is 9.39. The van der Waals surface area contributed by atoms with Crippen LogP contribution in [0.2, 0.25) is 5.02 Å². The van der Waals surface area contributed by atoms with Crippen LogP contribution in [0.15, 0.2) is 60.8 Å². The molecule has 33 heavy (non-hydrogen) atoms. The Hall–Kier alpha value is -3.25. The van der Waals surface area contributed by atoms with Crippen molar-refractivity contribution in [1.29, 1.82) is 5.41 Å². The molecule has 0 unspecified atom stereocenters. The molecule has 1 aliphatic carbocycles. The lowest BCUT2D eigenvalue weighted by atomic mass is 9.73. The lowest BCUT2D eigenvalue weighted by Crippen LogP contribution is -2.62. The predicted octanol–water partition coefficient (Wildman–Crippen LogP) is 5.41. The lowest BCUT2D eigenvalue weighted by molar-refractivity contribution is -0.131. The van der Waals surface area contributed by atoms with Gasteiger partial charge in [0, 0.05) is 18.8 Å². The van der Waals surface area contributed by atoms with Crippen LogP contribution < -0.4 is 5.32 Å². The molecule has 7 heteroatoms. The third-order valence-corrected chi connectivity index (χ3v) is 7.07. The maximum absolute atomic E-state index is 14.7. The summed E-state index contributed by atoms with van der Waals surface area (Å²) >= 11 is 5.98. The molecule has 2 fully saturated rings. The van der Waals surface area contributed by atoms with Crippen molar-refractivity contribution >= 4 is 23.5 Å². The second kappa shape index (κ2) is 7.96. The van der Waals surface area contributed by atoms with Crippen LogP contribution in [0.3, 0.4) is 0 Å². The summed E-state index contributed by atoms with van der Waals surface area (Å²) in [5, 5.41) is 11.6. The molecule has 2 aromatic carbocycles. The van der Waals surface area contributed by atoms with E-state index in [2.05, 4.69) is 22.4 Å². The van der Waals surface area contributed by atoms with Crippen LogP contribution >= 0.6 is 11.6 Å². The summed E-state index contributed by atoms with van der Waals surface area (Å²) in [6.45, 7) is 1.90. The lowest BCUT2D eigenvalue weighted by Gasteiger charge is -2.46. The van der Waals surface area contributed by atoms with Crippen LogP contribution in [0.25, 0.3) is 11.3 Å². The molecule has 5 nitrogen and oxygen atoms in total. The average molecular weight is 463 g/mol. The van der Waals surface area contributed by atoms with Gasteiger partial charge in [-0.15, -0.1) is 0 Å². The molecule has 1 aliphatic heterocycles. The van der Waals surface area contributed by atoms with Crippen molar-refractivity contribution in [3.63, 3.8) is 0 Å². The highest BCUT2D eigenvalue weighted by atomic mass is 35.5. The summed E-state index contributed by atoms with van der Waals surface area (Å²) in [7, 11) is 1.60. The van der Waals surface area contributed by atoms with Crippen molar-refractivity contribution in [2.45, 2.75) is 37.1 Å². The van der Waals surface area contributed by atoms with Gasteiger partial charge in [-0.1, -0.05) is 41.9 Å². The number of rotatable bonds is 4. The maximum Gasteiger partial charge on any atom is 0.239 e. The van der Waals surface area contributed by atoms with E-state index >= 15 is 0 Å². The number of carbonyl (C=O) groups is 1. The number of hydrogen-bond acceptors (Lipinski definition) is 3. The SMILES string of the molecule is CN1C(=N)N[C@](C)(c2ccnc(-c3cccc(Cl)c3F)c2)[C@@H](c2ccc(C3CC3)cc2)C1=O. The Bertz CT molecular complexity index is 1260. The van der Waals surface area contributed by atoms with E-state index in [9.17, 15) is 9.18 Å². The van der Waals surface area contributed by atoms with Crippen molar-refractivity contribution in [2.24, 2.45) is 0 Å². The summed E-state index contributed by atoms with van der Waals surface area (Å²) in [6, 6.07) is 16.6. The largest absolute Gasteiger partial charge is 0.346 e. The summed E-state index contributed by atoms with van der Waals surface area (Å²) in [5.74, 6) is -0.657. The summed E-state index contributed by atoms with van der Waals surface area (Å²) in [4.78, 5) is 19.1. The molecule has 3 aromatic rings. The number of likely N-dealkylation sites (N-methyl/N-ethyl adjacent to an activating group) is 1. The third-order valence-electron chi connectivity index (χ3n) is 6.77. The van der Waals surface area contributed by atoms with E-state index in [0.717, 1.165) is 11.1 Å². The number of nitrogens with zero attached hydrogens (tertiary/aromatic N) is 2. The van der Waals surface area contributed by atoms with E-state index in [1.165, 1.54) is 29.4 Å². The highest BCUT2D eigenvalue weighted by Gasteiger charge is 2.48. The fraction of sp³-hybridized carbons (Fsp3) is 0.269. The first kappa shape index (κ1) is 21.6. The van der Waals surface area contributed by atoms with Crippen molar-refractivity contribution in [3.8, 4) is 11.3 Å². The molecule has 1 saturated heterocycles. The predicted molar refractivity (Wildman–Crippen MR) is 127 cm³/mol. The van der Waals surface area contributed by atoms with Crippen LogP contribution in [-0.4, -0.2) is 28.8 Å². The first-order valence-corrected chi connectivity index (χ1v) is 11.3. The molecule has 2 aliphatic rings. The first-order valence-electron chi connectivity index (χ1n) is 10.9. The van der Waals surface area contributed by atoms with Gasteiger partial charge in [0.1, 0.15) is 0 Å². The maximum atomic E-state index is 14.7. The van der Waals surface area contributed by atoms with Crippen molar-refractivity contribution < 1.29 is 9.18 Å². The van der Waals surface area contributed by atoms with Crippen LogP contribution in [0.5, 0.6) is 0 Å². The molecule has 2 N–H and O–H groups in total. The Balaban J connectivity index is 1.61. The van der Waals surface area contributed by atoms with E-state index in [-0.39, 0.29) is 22.5 Å². The zero-order valence-electron chi connectivity index (χ0n) is 18.4. The molecule has 2 heterocycles. The molecule has 1 saturated carbocycles. The second-order valence-electron chi connectivity index (χ2n) is 8.98. The molecule has 0 radical (unpaired) electrons. The van der Waals surface area contributed by atoms with E-state index in [0.29, 0.717) is 11.6 Å². The number of nitrogens with one attached hydrogen (secondary N) is 2. The van der Waals surface area contributed by atoms with Crippen molar-refractivity contribution in [1.82, 2.24) is 15.2 Å². The highest BCUT2D eigenvalue weighted by Crippen LogP contribution is 2.44. The van der Waals surface area contributed by atoms with Gasteiger partial charge in [-0.05, 0) is 66.6 Å². The van der Waals surface area contributed by atoms with E-state index in [1.807, 2.05) is 19.1 Å². The summed E-state index contributed by atoms with van der Waals surface area (Å²) in [5.41, 5.74) is 2.65. The van der Waals surface area contributed by atoms with Gasteiger partial charge in [-0.2, -0.15) is 0 Å². The molecule has 1 aromatic heterocycles. The van der Waals surface area contributed by atoms with Gasteiger partial charge in [-0.25, -0.2) is 4.39 Å². The van der Waals surface area contributed by atoms with Gasteiger partial charge in [0.05, 0.1) is 22.2 Å². The molecule has 0 bridgehead atoms. The number of guanidine groups is 1. The van der Waals surface area contributed by atoms with Crippen LogP contribution in [0.4, 0.5) is 4.39 Å². The number of pyridine rings is 1. The molecular formula is C26H24ClFN4O. The number of halogens is 2. The Kier molecular flexibility index (Phi) is 5.20. The average Bonchev–Trinajstić information content (AvgIpc) is 3.66. The molecular weight excluding hydrogens is 439 g/mol. The van der Waals surface area contributed by atoms with Crippen molar-refractivity contribution in [2.75, 3.05) is 7.05 Å². The Morgan fingerprint density at radius 3 is 2.55 bits per heavy atom. The van der Waals surface area contributed by atoms with Gasteiger partial charge < -0.3 is 5.32 Å². The molecule has 1 amide bonds. The van der Waals surface area contributed by atoms with Gasteiger partial charge in [0.2, 0.25) is 5.91 Å². The van der Waals surface area contributed by atoms with E-state index < -0.39 is 17.3 Å². The minimum Gasteiger partial charge on any atom is -0.346 e. The smallest absolute Gasteiger partial charge is 0.239 e. The number of carbonyl (C=O) groups excluding carboxylic acids is 1. The first-order chi connectivity index (χ1) is 15.8. The van der Waals surface area contributed by atoms with E-state index in [1.54, 1.807) is 37.5 Å². The molecule has 168 valence electrons. The third kappa shape index (κ3) is 3.68. The molecule has 5 rings (SSSR count). The van der Waals surface area contributed by atoms with E-state index in [4.69, 9.17) is 17.0 Å². The standard InChI is InChI=1S/C26H24ClFN4O/c1-26(18-12-13-30-21(14-18)19-4-3-5-20(27)23(19)28)22(24(33)32(2)25(29)31-26)17-10-8-16(9-11-17)15-6-7-15/h3-5,8-15,22H,6-7H2,1-2H3,(H2,29,31)/t22-,26+/m0/s1. The van der Waals surface area contributed by atoms with Gasteiger partial charge in [0.25, 0.3) is 0 Å². The summed E-state index contributed by atoms with van der Waals surface area (Å²) < 4.78 is 14.7. The zero-order chi connectivity index (χ0) is 23.3. The van der Waals surface area contributed by atoms with Crippen LogP contribution in [-0.2, 0) is 10.3 Å². The molecule has 2 atom stereocenters. The topological polar surface area (TPSA) is 69.1 Å². The van der Waals surface area contributed by atoms with Crippen LogP contribution in [0, 0.1) is 11.2 Å². The van der Waals surface area contributed by atoms with Crippen molar-refractivity contribution in [3.05, 3.63) is 88.3 Å². The molecule has 0 spiro atoms. The number of aromatic nitrogens is 1. The van der Waals surface area contributed by atoms with Gasteiger partial charge in [0.15, 0.2) is 11.8 Å². The summed E-state index contributed by atoms with van der Waals surface area (Å²) in [6.07, 6.45) is 4.01. The number of benzene rings is 2. The Morgan fingerprint density at radius 2 is 1.85 bits per heavy atom. The monoisotopic (exact) mass is 462 g/mol. The Morgan fingerprint density at radius 1 is 1.15 bits per heavy atom. The van der Waals surface area contributed by atoms with Gasteiger partial charge >= 0.3 is 0 Å². The Labute approximate surface area is 197 Å². The number of hydrogen-bond donors (Lipinski definition) is 2. The normalized spacial score (nSPS) is 22.9. The fourth-order valence-electron chi connectivity index (χ4n) is 4.65. The minimum absolute atomic E-state index is 0.0145. The highest BCUT2D eigenvalue weighted by molar-refractivity contribution is 6.31.